The molecule has 0 aliphatic heterocycles. The van der Waals surface area contributed by atoms with Crippen LogP contribution in [0.3, 0.4) is 0 Å². The molecule has 0 aliphatic rings. The van der Waals surface area contributed by atoms with E-state index in [4.69, 9.17) is 0 Å². The van der Waals surface area contributed by atoms with E-state index in [0.29, 0.717) is 10.7 Å². The zero-order valence-electron chi connectivity index (χ0n) is 15.8. The Labute approximate surface area is 168 Å². The highest BCUT2D eigenvalue weighted by atomic mass is 32.1. The van der Waals surface area contributed by atoms with Crippen LogP contribution in [0.1, 0.15) is 22.3 Å². The fourth-order valence-corrected chi connectivity index (χ4v) is 4.24. The number of hydrogen-bond donors (Lipinski definition) is 1. The van der Waals surface area contributed by atoms with Gasteiger partial charge >= 0.3 is 0 Å². The summed E-state index contributed by atoms with van der Waals surface area (Å²) in [7, 11) is 0. The molecule has 1 amide bonds. The second kappa shape index (κ2) is 7.79. The van der Waals surface area contributed by atoms with Crippen molar-refractivity contribution in [3.8, 4) is 0 Å². The molecular weight excluding hydrogens is 364 g/mol. The maximum absolute atomic E-state index is 13.1. The topological polar surface area (TPSA) is 42.0 Å². The summed E-state index contributed by atoms with van der Waals surface area (Å²) in [6.07, 6.45) is 1.91. The standard InChI is InChI=1S/C24H20N2OS/c1-16-13-17(2)22-21(14-16)28-24(25-22)26-23(27)20(19-11-7-4-8-12-19)15-18-9-5-3-6-10-18/h3-15H,1-2H3,(H,25,26,27)/b20-15+. The van der Waals surface area contributed by atoms with Crippen LogP contribution in [0.5, 0.6) is 0 Å². The molecule has 1 N–H and O–H groups in total. The summed E-state index contributed by atoms with van der Waals surface area (Å²) in [6.45, 7) is 4.12. The van der Waals surface area contributed by atoms with E-state index in [1.165, 1.54) is 16.9 Å². The molecule has 138 valence electrons. The Bertz CT molecular complexity index is 1160. The molecule has 0 atom stereocenters. The average Bonchev–Trinajstić information content (AvgIpc) is 3.10. The lowest BCUT2D eigenvalue weighted by Gasteiger charge is -2.08. The SMILES string of the molecule is Cc1cc(C)c2nc(NC(=O)/C(=C/c3ccccc3)c3ccccc3)sc2c1. The minimum atomic E-state index is -0.163. The molecule has 0 saturated heterocycles. The van der Waals surface area contributed by atoms with Gasteiger partial charge in [0.05, 0.1) is 10.2 Å². The predicted molar refractivity (Wildman–Crippen MR) is 118 cm³/mol. The van der Waals surface area contributed by atoms with Crippen LogP contribution in [0.4, 0.5) is 5.13 Å². The van der Waals surface area contributed by atoms with Crippen molar-refractivity contribution in [2.24, 2.45) is 0 Å². The van der Waals surface area contributed by atoms with Gasteiger partial charge in [-0.05, 0) is 48.2 Å². The number of anilines is 1. The number of nitrogens with zero attached hydrogens (tertiary/aromatic N) is 1. The Morgan fingerprint density at radius 1 is 0.964 bits per heavy atom. The van der Waals surface area contributed by atoms with Gasteiger partial charge in [0, 0.05) is 5.57 Å². The van der Waals surface area contributed by atoms with Crippen molar-refractivity contribution in [2.75, 3.05) is 5.32 Å². The molecule has 0 fully saturated rings. The van der Waals surface area contributed by atoms with E-state index in [9.17, 15) is 4.79 Å². The third-order valence-electron chi connectivity index (χ3n) is 4.49. The number of carbonyl (C=O) groups excluding carboxylic acids is 1. The maximum atomic E-state index is 13.1. The van der Waals surface area contributed by atoms with E-state index in [1.807, 2.05) is 73.7 Å². The van der Waals surface area contributed by atoms with Gasteiger partial charge in [-0.2, -0.15) is 0 Å². The number of nitrogens with one attached hydrogen (secondary N) is 1. The van der Waals surface area contributed by atoms with E-state index in [0.717, 1.165) is 26.9 Å². The first kappa shape index (κ1) is 18.1. The molecule has 0 radical (unpaired) electrons. The summed E-state index contributed by atoms with van der Waals surface area (Å²) in [5, 5.41) is 3.61. The number of rotatable bonds is 4. The molecule has 4 heteroatoms. The number of amides is 1. The van der Waals surface area contributed by atoms with E-state index >= 15 is 0 Å². The van der Waals surface area contributed by atoms with Gasteiger partial charge in [0.2, 0.25) is 0 Å². The fourth-order valence-electron chi connectivity index (χ4n) is 3.20. The third kappa shape index (κ3) is 3.87. The molecule has 1 heterocycles. The molecule has 0 unspecified atom stereocenters. The summed E-state index contributed by atoms with van der Waals surface area (Å²) in [4.78, 5) is 17.8. The van der Waals surface area contributed by atoms with Crippen molar-refractivity contribution in [3.05, 3.63) is 95.1 Å². The molecule has 0 aliphatic carbocycles. The minimum absolute atomic E-state index is 0.163. The van der Waals surface area contributed by atoms with Gasteiger partial charge in [-0.25, -0.2) is 4.98 Å². The van der Waals surface area contributed by atoms with Gasteiger partial charge in [0.25, 0.3) is 5.91 Å². The molecule has 4 rings (SSSR count). The van der Waals surface area contributed by atoms with Gasteiger partial charge in [0.1, 0.15) is 0 Å². The van der Waals surface area contributed by atoms with Crippen LogP contribution in [0.2, 0.25) is 0 Å². The number of benzene rings is 3. The Morgan fingerprint density at radius 3 is 2.36 bits per heavy atom. The van der Waals surface area contributed by atoms with Crippen LogP contribution in [0, 0.1) is 13.8 Å². The highest BCUT2D eigenvalue weighted by Crippen LogP contribution is 2.30. The first-order valence-electron chi connectivity index (χ1n) is 9.11. The number of carbonyl (C=O) groups is 1. The Morgan fingerprint density at radius 2 is 1.64 bits per heavy atom. The van der Waals surface area contributed by atoms with E-state index < -0.39 is 0 Å². The molecule has 4 aromatic rings. The first-order valence-corrected chi connectivity index (χ1v) is 9.93. The highest BCUT2D eigenvalue weighted by molar-refractivity contribution is 7.22. The van der Waals surface area contributed by atoms with Crippen LogP contribution in [0.15, 0.2) is 72.8 Å². The average molecular weight is 385 g/mol. The molecule has 3 nitrogen and oxygen atoms in total. The number of thiazole rings is 1. The monoisotopic (exact) mass is 384 g/mol. The Hall–Kier alpha value is -3.24. The summed E-state index contributed by atoms with van der Waals surface area (Å²) >= 11 is 1.50. The third-order valence-corrected chi connectivity index (χ3v) is 5.41. The van der Waals surface area contributed by atoms with Gasteiger partial charge in [-0.15, -0.1) is 0 Å². The predicted octanol–water partition coefficient (Wildman–Crippen LogP) is 6.09. The van der Waals surface area contributed by atoms with Gasteiger partial charge in [0.15, 0.2) is 5.13 Å². The number of fused-ring (bicyclic) bond motifs is 1. The molecular formula is C24H20N2OS. The van der Waals surface area contributed by atoms with Crippen molar-refractivity contribution >= 4 is 44.2 Å². The van der Waals surface area contributed by atoms with Gasteiger partial charge in [-0.1, -0.05) is 78.1 Å². The normalized spacial score (nSPS) is 11.6. The van der Waals surface area contributed by atoms with Crippen molar-refractivity contribution < 1.29 is 4.79 Å². The zero-order chi connectivity index (χ0) is 19.5. The Kier molecular flexibility index (Phi) is 5.04. The van der Waals surface area contributed by atoms with E-state index in [2.05, 4.69) is 29.4 Å². The Balaban J connectivity index is 1.70. The van der Waals surface area contributed by atoms with Crippen LogP contribution in [-0.4, -0.2) is 10.9 Å². The number of hydrogen-bond acceptors (Lipinski definition) is 3. The smallest absolute Gasteiger partial charge is 0.258 e. The lowest BCUT2D eigenvalue weighted by Crippen LogP contribution is -2.13. The summed E-state index contributed by atoms with van der Waals surface area (Å²) in [5.41, 5.74) is 5.72. The lowest BCUT2D eigenvalue weighted by atomic mass is 10.0. The first-order chi connectivity index (χ1) is 13.6. The van der Waals surface area contributed by atoms with Crippen LogP contribution in [0.25, 0.3) is 21.9 Å². The van der Waals surface area contributed by atoms with Crippen molar-refractivity contribution in [1.82, 2.24) is 4.98 Å². The highest BCUT2D eigenvalue weighted by Gasteiger charge is 2.15. The van der Waals surface area contributed by atoms with Crippen LogP contribution in [-0.2, 0) is 4.79 Å². The van der Waals surface area contributed by atoms with Crippen LogP contribution < -0.4 is 5.32 Å². The molecule has 0 bridgehead atoms. The minimum Gasteiger partial charge on any atom is -0.298 e. The van der Waals surface area contributed by atoms with E-state index in [1.54, 1.807) is 0 Å². The largest absolute Gasteiger partial charge is 0.298 e. The van der Waals surface area contributed by atoms with Crippen molar-refractivity contribution in [3.63, 3.8) is 0 Å². The van der Waals surface area contributed by atoms with Crippen molar-refractivity contribution in [2.45, 2.75) is 13.8 Å². The molecule has 3 aromatic carbocycles. The summed E-state index contributed by atoms with van der Waals surface area (Å²) < 4.78 is 1.08. The molecule has 28 heavy (non-hydrogen) atoms. The number of aromatic nitrogens is 1. The summed E-state index contributed by atoms with van der Waals surface area (Å²) in [5.74, 6) is -0.163. The van der Waals surface area contributed by atoms with Gasteiger partial charge < -0.3 is 0 Å². The summed E-state index contributed by atoms with van der Waals surface area (Å²) in [6, 6.07) is 23.8. The fraction of sp³-hybridized carbons (Fsp3) is 0.0833. The molecule has 1 aromatic heterocycles. The lowest BCUT2D eigenvalue weighted by molar-refractivity contribution is -0.111. The maximum Gasteiger partial charge on any atom is 0.258 e. The number of aryl methyl sites for hydroxylation is 2. The van der Waals surface area contributed by atoms with Crippen molar-refractivity contribution in [1.29, 1.82) is 0 Å². The second-order valence-corrected chi connectivity index (χ2v) is 7.77. The van der Waals surface area contributed by atoms with Crippen LogP contribution >= 0.6 is 11.3 Å². The second-order valence-electron chi connectivity index (χ2n) is 6.74. The zero-order valence-corrected chi connectivity index (χ0v) is 16.6. The van der Waals surface area contributed by atoms with E-state index in [-0.39, 0.29) is 5.91 Å². The molecule has 0 spiro atoms. The van der Waals surface area contributed by atoms with Gasteiger partial charge in [-0.3, -0.25) is 10.1 Å². The molecule has 0 saturated carbocycles. The quantitative estimate of drug-likeness (QED) is 0.341.